The van der Waals surface area contributed by atoms with Crippen molar-refractivity contribution in [2.24, 2.45) is 0 Å². The third kappa shape index (κ3) is 2.50. The first-order valence-corrected chi connectivity index (χ1v) is 6.65. The summed E-state index contributed by atoms with van der Waals surface area (Å²) < 4.78 is 10.8. The van der Waals surface area contributed by atoms with Gasteiger partial charge in [-0.3, -0.25) is 4.79 Å². The molecule has 1 amide bonds. The van der Waals surface area contributed by atoms with E-state index in [1.165, 1.54) is 0 Å². The molecule has 2 aromatic rings. The Hall–Kier alpha value is -2.69. The van der Waals surface area contributed by atoms with Crippen molar-refractivity contribution in [3.63, 3.8) is 0 Å². The molecule has 0 saturated heterocycles. The molecule has 5 nitrogen and oxygen atoms in total. The van der Waals surface area contributed by atoms with Gasteiger partial charge in [-0.25, -0.2) is 0 Å². The first kappa shape index (κ1) is 13.3. The summed E-state index contributed by atoms with van der Waals surface area (Å²) in [5.74, 6) is 0.865. The Labute approximate surface area is 122 Å². The van der Waals surface area contributed by atoms with E-state index in [2.05, 4.69) is 5.32 Å². The first-order chi connectivity index (χ1) is 10.2. The lowest BCUT2D eigenvalue weighted by molar-refractivity contribution is -0.117. The Morgan fingerprint density at radius 3 is 2.95 bits per heavy atom. The number of benzene rings is 2. The highest BCUT2D eigenvalue weighted by Crippen LogP contribution is 2.35. The number of ether oxygens (including phenoxy) is 2. The Kier molecular flexibility index (Phi) is 3.39. The lowest BCUT2D eigenvalue weighted by Gasteiger charge is -2.13. The fourth-order valence-corrected chi connectivity index (χ4v) is 2.41. The number of methoxy groups -OCH3 is 1. The largest absolute Gasteiger partial charge is 0.494 e. The number of nitrogens with one attached hydrogen (secondary N) is 1. The number of carbonyl (C=O) groups excluding carboxylic acids is 1. The molecule has 0 saturated carbocycles. The second kappa shape index (κ2) is 5.36. The summed E-state index contributed by atoms with van der Waals surface area (Å²) in [5.41, 5.74) is 7.79. The number of nitrogens with two attached hydrogens (primary N) is 1. The van der Waals surface area contributed by atoms with E-state index >= 15 is 0 Å². The van der Waals surface area contributed by atoms with E-state index in [1.807, 2.05) is 24.3 Å². The molecular weight excluding hydrogens is 268 g/mol. The Morgan fingerprint density at radius 1 is 1.33 bits per heavy atom. The molecule has 0 aromatic heterocycles. The summed E-state index contributed by atoms with van der Waals surface area (Å²) in [6.45, 7) is 0.350. The van der Waals surface area contributed by atoms with Crippen LogP contribution in [0.2, 0.25) is 0 Å². The highest BCUT2D eigenvalue weighted by atomic mass is 16.5. The van der Waals surface area contributed by atoms with Gasteiger partial charge in [0.05, 0.1) is 12.8 Å². The van der Waals surface area contributed by atoms with Crippen molar-refractivity contribution < 1.29 is 14.3 Å². The van der Waals surface area contributed by atoms with Crippen molar-refractivity contribution >= 4 is 17.3 Å². The fraction of sp³-hybridized carbons (Fsp3) is 0.188. The molecule has 1 aliphatic heterocycles. The molecule has 0 fully saturated rings. The topological polar surface area (TPSA) is 73.6 Å². The smallest absolute Gasteiger partial charge is 0.235 e. The van der Waals surface area contributed by atoms with Gasteiger partial charge in [0.25, 0.3) is 0 Å². The van der Waals surface area contributed by atoms with Crippen molar-refractivity contribution in [1.29, 1.82) is 0 Å². The number of anilines is 2. The number of hydrogen-bond donors (Lipinski definition) is 2. The number of nitrogen functional groups attached to an aromatic ring is 1. The second-order valence-electron chi connectivity index (χ2n) is 4.85. The lowest BCUT2D eigenvalue weighted by atomic mass is 10.0. The normalized spacial score (nSPS) is 16.0. The monoisotopic (exact) mass is 284 g/mol. The van der Waals surface area contributed by atoms with Gasteiger partial charge in [0.2, 0.25) is 5.91 Å². The average Bonchev–Trinajstić information content (AvgIpc) is 2.93. The average molecular weight is 284 g/mol. The molecule has 5 heteroatoms. The quantitative estimate of drug-likeness (QED) is 0.849. The van der Waals surface area contributed by atoms with E-state index in [0.717, 1.165) is 11.3 Å². The number of carbonyl (C=O) groups is 1. The Bertz CT molecular complexity index is 685. The lowest BCUT2D eigenvalue weighted by Crippen LogP contribution is -2.22. The van der Waals surface area contributed by atoms with Gasteiger partial charge in [-0.2, -0.15) is 0 Å². The zero-order valence-electron chi connectivity index (χ0n) is 11.6. The maximum Gasteiger partial charge on any atom is 0.235 e. The third-order valence-electron chi connectivity index (χ3n) is 3.50. The molecular formula is C16H16N2O3. The fourth-order valence-electron chi connectivity index (χ4n) is 2.41. The molecule has 0 bridgehead atoms. The van der Waals surface area contributed by atoms with E-state index < -0.39 is 0 Å². The summed E-state index contributed by atoms with van der Waals surface area (Å²) in [5, 5.41) is 2.87. The van der Waals surface area contributed by atoms with Gasteiger partial charge in [-0.05, 0) is 18.2 Å². The van der Waals surface area contributed by atoms with E-state index in [-0.39, 0.29) is 11.8 Å². The zero-order chi connectivity index (χ0) is 14.8. The van der Waals surface area contributed by atoms with Crippen LogP contribution in [0.5, 0.6) is 11.5 Å². The van der Waals surface area contributed by atoms with Gasteiger partial charge in [-0.15, -0.1) is 0 Å². The summed E-state index contributed by atoms with van der Waals surface area (Å²) in [6, 6.07) is 12.7. The highest BCUT2D eigenvalue weighted by molar-refractivity contribution is 5.98. The van der Waals surface area contributed by atoms with Crippen molar-refractivity contribution in [3.05, 3.63) is 48.0 Å². The van der Waals surface area contributed by atoms with Crippen LogP contribution >= 0.6 is 0 Å². The summed E-state index contributed by atoms with van der Waals surface area (Å²) in [6.07, 6.45) is 0. The highest BCUT2D eigenvalue weighted by Gasteiger charge is 2.30. The minimum absolute atomic E-state index is 0.122. The molecule has 3 rings (SSSR count). The molecule has 0 aliphatic carbocycles. The maximum atomic E-state index is 12.5. The standard InChI is InChI=1S/C16H16N2O3/c1-20-15-8-10(17)6-7-13(15)18-16(19)12-9-21-14-5-3-2-4-11(12)14/h2-8,12H,9,17H2,1H3,(H,18,19). The van der Waals surface area contributed by atoms with Gasteiger partial charge in [0.15, 0.2) is 0 Å². The number of fused-ring (bicyclic) bond motifs is 1. The first-order valence-electron chi connectivity index (χ1n) is 6.65. The van der Waals surface area contributed by atoms with Crippen LogP contribution in [0.25, 0.3) is 0 Å². The van der Waals surface area contributed by atoms with Crippen LogP contribution in [-0.2, 0) is 4.79 Å². The number of amides is 1. The van der Waals surface area contributed by atoms with E-state index in [9.17, 15) is 4.79 Å². The summed E-state index contributed by atoms with van der Waals surface area (Å²) in [7, 11) is 1.54. The van der Waals surface area contributed by atoms with Crippen LogP contribution < -0.4 is 20.5 Å². The predicted molar refractivity (Wildman–Crippen MR) is 80.7 cm³/mol. The second-order valence-corrected chi connectivity index (χ2v) is 4.85. The van der Waals surface area contributed by atoms with Crippen LogP contribution in [0, 0.1) is 0 Å². The van der Waals surface area contributed by atoms with E-state index in [0.29, 0.717) is 23.7 Å². The van der Waals surface area contributed by atoms with Crippen LogP contribution in [-0.4, -0.2) is 19.6 Å². The van der Waals surface area contributed by atoms with Crippen molar-refractivity contribution in [1.82, 2.24) is 0 Å². The Balaban J connectivity index is 1.82. The van der Waals surface area contributed by atoms with Crippen molar-refractivity contribution in [3.8, 4) is 11.5 Å². The molecule has 21 heavy (non-hydrogen) atoms. The third-order valence-corrected chi connectivity index (χ3v) is 3.50. The molecule has 0 spiro atoms. The minimum Gasteiger partial charge on any atom is -0.494 e. The molecule has 1 unspecified atom stereocenters. The molecule has 2 aromatic carbocycles. The number of hydrogen-bond acceptors (Lipinski definition) is 4. The van der Waals surface area contributed by atoms with Gasteiger partial charge in [0.1, 0.15) is 24.0 Å². The van der Waals surface area contributed by atoms with Crippen molar-refractivity contribution in [2.75, 3.05) is 24.8 Å². The molecule has 1 aliphatic rings. The summed E-state index contributed by atoms with van der Waals surface area (Å²) >= 11 is 0. The molecule has 0 radical (unpaired) electrons. The van der Waals surface area contributed by atoms with Gasteiger partial charge < -0.3 is 20.5 Å². The predicted octanol–water partition coefficient (Wildman–Crippen LogP) is 2.39. The van der Waals surface area contributed by atoms with E-state index in [4.69, 9.17) is 15.2 Å². The molecule has 3 N–H and O–H groups in total. The molecule has 1 atom stereocenters. The van der Waals surface area contributed by atoms with Crippen LogP contribution in [0.3, 0.4) is 0 Å². The molecule has 108 valence electrons. The molecule has 1 heterocycles. The number of para-hydroxylation sites is 1. The zero-order valence-corrected chi connectivity index (χ0v) is 11.6. The van der Waals surface area contributed by atoms with Gasteiger partial charge >= 0.3 is 0 Å². The number of rotatable bonds is 3. The maximum absolute atomic E-state index is 12.5. The van der Waals surface area contributed by atoms with Crippen LogP contribution in [0.1, 0.15) is 11.5 Å². The minimum atomic E-state index is -0.316. The summed E-state index contributed by atoms with van der Waals surface area (Å²) in [4.78, 5) is 12.5. The van der Waals surface area contributed by atoms with E-state index in [1.54, 1.807) is 25.3 Å². The van der Waals surface area contributed by atoms with Crippen molar-refractivity contribution in [2.45, 2.75) is 5.92 Å². The SMILES string of the molecule is COc1cc(N)ccc1NC(=O)C1COc2ccccc21. The van der Waals surface area contributed by atoms with Gasteiger partial charge in [-0.1, -0.05) is 18.2 Å². The van der Waals surface area contributed by atoms with Crippen LogP contribution in [0.4, 0.5) is 11.4 Å². The van der Waals surface area contributed by atoms with Crippen LogP contribution in [0.15, 0.2) is 42.5 Å². The Morgan fingerprint density at radius 2 is 2.14 bits per heavy atom. The van der Waals surface area contributed by atoms with Gasteiger partial charge in [0, 0.05) is 17.3 Å².